The maximum absolute atomic E-state index is 12.8. The predicted molar refractivity (Wildman–Crippen MR) is 104 cm³/mol. The third-order valence-corrected chi connectivity index (χ3v) is 4.62. The fourth-order valence-corrected chi connectivity index (χ4v) is 3.07. The van der Waals surface area contributed by atoms with E-state index < -0.39 is 36.2 Å². The number of aryl methyl sites for hydroxylation is 1. The quantitative estimate of drug-likeness (QED) is 0.484. The van der Waals surface area contributed by atoms with Gasteiger partial charge in [0.1, 0.15) is 6.54 Å². The molecule has 1 aromatic carbocycles. The maximum Gasteiger partial charge on any atom is 0.325 e. The van der Waals surface area contributed by atoms with Crippen LogP contribution >= 0.6 is 0 Å². The maximum atomic E-state index is 12.8. The van der Waals surface area contributed by atoms with Gasteiger partial charge < -0.3 is 15.1 Å². The van der Waals surface area contributed by atoms with Crippen molar-refractivity contribution in [2.24, 2.45) is 5.92 Å². The fourth-order valence-electron chi connectivity index (χ4n) is 3.07. The second kappa shape index (κ2) is 8.85. The zero-order valence-electron chi connectivity index (χ0n) is 17.0. The Kier molecular flexibility index (Phi) is 6.24. The van der Waals surface area contributed by atoms with Gasteiger partial charge in [-0.05, 0) is 18.4 Å². The highest BCUT2D eigenvalue weighted by atomic mass is 16.4. The lowest BCUT2D eigenvalue weighted by Gasteiger charge is -2.21. The van der Waals surface area contributed by atoms with E-state index in [0.717, 1.165) is 16.0 Å². The highest BCUT2D eigenvalue weighted by Gasteiger charge is 2.33. The number of urea groups is 1. The Hall–Kier alpha value is -3.56. The van der Waals surface area contributed by atoms with E-state index in [9.17, 15) is 19.2 Å². The van der Waals surface area contributed by atoms with Crippen LogP contribution in [0.4, 0.5) is 4.79 Å². The number of imide groups is 1. The molecular formula is C20H23N5O5. The minimum atomic E-state index is -0.939. The Morgan fingerprint density at radius 3 is 2.67 bits per heavy atom. The van der Waals surface area contributed by atoms with Gasteiger partial charge in [0, 0.05) is 0 Å². The summed E-state index contributed by atoms with van der Waals surface area (Å²) in [6.07, 6.45) is 0.382. The van der Waals surface area contributed by atoms with Gasteiger partial charge in [-0.1, -0.05) is 43.7 Å². The van der Waals surface area contributed by atoms with Crippen molar-refractivity contribution in [1.29, 1.82) is 0 Å². The molecule has 0 bridgehead atoms. The monoisotopic (exact) mass is 413 g/mol. The van der Waals surface area contributed by atoms with E-state index >= 15 is 0 Å². The van der Waals surface area contributed by atoms with Crippen LogP contribution in [-0.2, 0) is 16.0 Å². The van der Waals surface area contributed by atoms with Crippen molar-refractivity contribution < 1.29 is 23.6 Å². The van der Waals surface area contributed by atoms with E-state index in [4.69, 9.17) is 4.42 Å². The van der Waals surface area contributed by atoms with Gasteiger partial charge in [0.25, 0.3) is 11.8 Å². The van der Waals surface area contributed by atoms with Crippen LogP contribution in [0.25, 0.3) is 0 Å². The molecule has 1 aliphatic rings. The molecule has 158 valence electrons. The normalized spacial score (nSPS) is 14.7. The van der Waals surface area contributed by atoms with Gasteiger partial charge in [-0.3, -0.25) is 19.3 Å². The molecule has 1 aromatic heterocycles. The van der Waals surface area contributed by atoms with Gasteiger partial charge in [0.2, 0.25) is 17.6 Å². The SMILES string of the molecule is Cc1cccc(Cc2nnc(C(=O)[C@@H](NC(=O)CN3C(=O)CNC3=O)C(C)C)o2)c1. The molecule has 1 fully saturated rings. The summed E-state index contributed by atoms with van der Waals surface area (Å²) in [7, 11) is 0. The smallest absolute Gasteiger partial charge is 0.325 e. The molecule has 2 N–H and O–H groups in total. The van der Waals surface area contributed by atoms with Gasteiger partial charge in [-0.25, -0.2) is 4.79 Å². The van der Waals surface area contributed by atoms with Crippen LogP contribution in [0.5, 0.6) is 0 Å². The molecule has 10 heteroatoms. The van der Waals surface area contributed by atoms with Gasteiger partial charge in [0.15, 0.2) is 0 Å². The van der Waals surface area contributed by atoms with Crippen molar-refractivity contribution in [1.82, 2.24) is 25.7 Å². The largest absolute Gasteiger partial charge is 0.418 e. The van der Waals surface area contributed by atoms with Crippen LogP contribution in [-0.4, -0.2) is 57.9 Å². The Morgan fingerprint density at radius 2 is 2.03 bits per heavy atom. The number of hydrogen-bond acceptors (Lipinski definition) is 7. The van der Waals surface area contributed by atoms with Crippen LogP contribution in [0, 0.1) is 12.8 Å². The summed E-state index contributed by atoms with van der Waals surface area (Å²) in [5, 5.41) is 12.6. The fraction of sp³-hybridized carbons (Fsp3) is 0.400. The minimum absolute atomic E-state index is 0.148. The summed E-state index contributed by atoms with van der Waals surface area (Å²) >= 11 is 0. The lowest BCUT2D eigenvalue weighted by Crippen LogP contribution is -2.49. The van der Waals surface area contributed by atoms with Crippen molar-refractivity contribution in [3.05, 3.63) is 47.2 Å². The third-order valence-electron chi connectivity index (χ3n) is 4.62. The number of hydrogen-bond donors (Lipinski definition) is 2. The summed E-state index contributed by atoms with van der Waals surface area (Å²) in [5.41, 5.74) is 2.07. The third kappa shape index (κ3) is 4.88. The van der Waals surface area contributed by atoms with Gasteiger partial charge in [-0.15, -0.1) is 10.2 Å². The summed E-state index contributed by atoms with van der Waals surface area (Å²) in [4.78, 5) is 49.2. The zero-order chi connectivity index (χ0) is 21.8. The standard InChI is InChI=1S/C20H23N5O5/c1-11(2)17(22-14(26)10-25-16(27)9-21-20(25)29)18(28)19-24-23-15(30-19)8-13-6-4-5-12(3)7-13/h4-7,11,17H,8-10H2,1-3H3,(H,21,29)(H,22,26)/t17-/m0/s1. The number of nitrogens with one attached hydrogen (secondary N) is 2. The Labute approximate surface area is 173 Å². The molecule has 0 spiro atoms. The topological polar surface area (TPSA) is 134 Å². The lowest BCUT2D eigenvalue weighted by molar-refractivity contribution is -0.130. The van der Waals surface area contributed by atoms with Gasteiger partial charge in [-0.2, -0.15) is 0 Å². The average molecular weight is 413 g/mol. The number of Topliss-reactive ketones (excluding diaryl/α,β-unsaturated/α-hetero) is 1. The first kappa shape index (κ1) is 21.2. The second-order valence-corrected chi connectivity index (χ2v) is 7.46. The van der Waals surface area contributed by atoms with Crippen LogP contribution in [0.3, 0.4) is 0 Å². The van der Waals surface area contributed by atoms with Gasteiger partial charge >= 0.3 is 6.03 Å². The van der Waals surface area contributed by atoms with E-state index in [-0.39, 0.29) is 24.2 Å². The number of carbonyl (C=O) groups is 4. The predicted octanol–water partition coefficient (Wildman–Crippen LogP) is 0.844. The summed E-state index contributed by atoms with van der Waals surface area (Å²) in [6, 6.07) is 6.22. The molecule has 1 aliphatic heterocycles. The lowest BCUT2D eigenvalue weighted by atomic mass is 9.99. The first-order valence-electron chi connectivity index (χ1n) is 9.54. The molecule has 1 atom stereocenters. The van der Waals surface area contributed by atoms with Crippen molar-refractivity contribution in [2.45, 2.75) is 33.2 Å². The summed E-state index contributed by atoms with van der Waals surface area (Å²) < 4.78 is 5.52. The molecule has 2 heterocycles. The highest BCUT2D eigenvalue weighted by Crippen LogP contribution is 2.14. The van der Waals surface area contributed by atoms with Crippen LogP contribution in [0.2, 0.25) is 0 Å². The number of amides is 4. The van der Waals surface area contributed by atoms with Crippen LogP contribution in [0.1, 0.15) is 41.6 Å². The molecule has 0 aliphatic carbocycles. The molecule has 10 nitrogen and oxygen atoms in total. The number of aromatic nitrogens is 2. The molecule has 2 aromatic rings. The van der Waals surface area contributed by atoms with E-state index in [2.05, 4.69) is 20.8 Å². The molecule has 0 radical (unpaired) electrons. The van der Waals surface area contributed by atoms with Crippen LogP contribution in [0.15, 0.2) is 28.7 Å². The first-order chi connectivity index (χ1) is 14.2. The number of nitrogens with zero attached hydrogens (tertiary/aromatic N) is 3. The Bertz CT molecular complexity index is 967. The summed E-state index contributed by atoms with van der Waals surface area (Å²) in [6.45, 7) is 4.86. The molecule has 0 saturated carbocycles. The zero-order valence-corrected chi connectivity index (χ0v) is 17.0. The molecule has 3 rings (SSSR count). The molecular weight excluding hydrogens is 390 g/mol. The van der Waals surface area contributed by atoms with Crippen molar-refractivity contribution >= 4 is 23.6 Å². The number of benzene rings is 1. The van der Waals surface area contributed by atoms with E-state index in [1.54, 1.807) is 13.8 Å². The Balaban J connectivity index is 1.66. The summed E-state index contributed by atoms with van der Waals surface area (Å²) in [5.74, 6) is -1.86. The number of ketones is 1. The number of carbonyl (C=O) groups excluding carboxylic acids is 4. The van der Waals surface area contributed by atoms with E-state index in [1.165, 1.54) is 0 Å². The molecule has 4 amide bonds. The average Bonchev–Trinajstić information content (AvgIpc) is 3.27. The molecule has 30 heavy (non-hydrogen) atoms. The first-order valence-corrected chi connectivity index (χ1v) is 9.54. The highest BCUT2D eigenvalue weighted by molar-refractivity contribution is 6.05. The van der Waals surface area contributed by atoms with Crippen molar-refractivity contribution in [3.8, 4) is 0 Å². The van der Waals surface area contributed by atoms with E-state index in [1.807, 2.05) is 31.2 Å². The Morgan fingerprint density at radius 1 is 1.27 bits per heavy atom. The second-order valence-electron chi connectivity index (χ2n) is 7.46. The van der Waals surface area contributed by atoms with E-state index in [0.29, 0.717) is 6.42 Å². The van der Waals surface area contributed by atoms with Gasteiger partial charge in [0.05, 0.1) is 19.0 Å². The molecule has 1 saturated heterocycles. The number of rotatable bonds is 8. The van der Waals surface area contributed by atoms with Crippen LogP contribution < -0.4 is 10.6 Å². The van der Waals surface area contributed by atoms with Crippen molar-refractivity contribution in [2.75, 3.05) is 13.1 Å². The molecule has 0 unspecified atom stereocenters. The van der Waals surface area contributed by atoms with Crippen molar-refractivity contribution in [3.63, 3.8) is 0 Å². The minimum Gasteiger partial charge on any atom is -0.418 e.